The molecule has 4 rings (SSSR count). The van der Waals surface area contributed by atoms with Crippen molar-refractivity contribution in [3.63, 3.8) is 0 Å². The first-order valence-corrected chi connectivity index (χ1v) is 8.04. The second-order valence-corrected chi connectivity index (χ2v) is 6.23. The van der Waals surface area contributed by atoms with E-state index in [9.17, 15) is 4.79 Å². The highest BCUT2D eigenvalue weighted by molar-refractivity contribution is 6.30. The van der Waals surface area contributed by atoms with Gasteiger partial charge in [-0.1, -0.05) is 11.6 Å². The number of pyridine rings is 1. The second-order valence-electron chi connectivity index (χ2n) is 5.79. The minimum absolute atomic E-state index is 0.111. The van der Waals surface area contributed by atoms with E-state index in [1.54, 1.807) is 30.8 Å². The zero-order valence-electron chi connectivity index (χ0n) is 12.8. The van der Waals surface area contributed by atoms with Crippen LogP contribution in [0.2, 0.25) is 5.02 Å². The lowest BCUT2D eigenvalue weighted by molar-refractivity contribution is 0.241. The van der Waals surface area contributed by atoms with E-state index < -0.39 is 0 Å². The molecule has 6 nitrogen and oxygen atoms in total. The highest BCUT2D eigenvalue weighted by Gasteiger charge is 2.22. The zero-order valence-corrected chi connectivity index (χ0v) is 13.6. The van der Waals surface area contributed by atoms with Gasteiger partial charge in [-0.2, -0.15) is 0 Å². The van der Waals surface area contributed by atoms with Gasteiger partial charge in [0.15, 0.2) is 11.6 Å². The molecule has 0 radical (unpaired) electrons. The molecule has 3 aromatic heterocycles. The lowest BCUT2D eigenvalue weighted by Crippen LogP contribution is -2.35. The minimum atomic E-state index is -0.111. The Morgan fingerprint density at radius 1 is 1.38 bits per heavy atom. The first kappa shape index (κ1) is 15.1. The first-order valence-electron chi connectivity index (χ1n) is 7.67. The molecule has 1 aliphatic heterocycles. The van der Waals surface area contributed by atoms with Crippen molar-refractivity contribution in [2.45, 2.75) is 19.5 Å². The molecule has 0 bridgehead atoms. The molecule has 122 valence electrons. The summed E-state index contributed by atoms with van der Waals surface area (Å²) in [5.74, 6) is 1.05. The number of hydrogen-bond acceptors (Lipinski definition) is 5. The van der Waals surface area contributed by atoms with Crippen LogP contribution >= 0.6 is 11.6 Å². The van der Waals surface area contributed by atoms with Crippen molar-refractivity contribution in [3.8, 4) is 11.6 Å². The number of H-pyrrole nitrogens is 1. The number of halogens is 1. The molecule has 3 aromatic rings. The molecule has 1 N–H and O–H groups in total. The van der Waals surface area contributed by atoms with Crippen molar-refractivity contribution in [2.75, 3.05) is 6.54 Å². The molecule has 0 aliphatic carbocycles. The molecule has 7 heteroatoms. The summed E-state index contributed by atoms with van der Waals surface area (Å²) >= 11 is 5.98. The quantitative estimate of drug-likeness (QED) is 0.792. The maximum atomic E-state index is 12.4. The number of aromatic nitrogens is 3. The van der Waals surface area contributed by atoms with Gasteiger partial charge in [-0.15, -0.1) is 0 Å². The van der Waals surface area contributed by atoms with Crippen LogP contribution in [0.15, 0.2) is 46.1 Å². The standard InChI is InChI=1S/C17H15ClN4O2/c18-12-6-11(7-19-8-12)9-22-4-3-14-13(10-22)17(23)21-16(20-14)15-2-1-5-24-15/h1-2,5-8H,3-4,9-10H2,(H,20,21,23). The predicted molar refractivity (Wildman–Crippen MR) is 89.6 cm³/mol. The van der Waals surface area contributed by atoms with Crippen molar-refractivity contribution in [1.29, 1.82) is 0 Å². The fourth-order valence-electron chi connectivity index (χ4n) is 2.95. The average molecular weight is 343 g/mol. The molecule has 0 unspecified atom stereocenters. The summed E-state index contributed by atoms with van der Waals surface area (Å²) in [4.78, 5) is 26.1. The number of nitrogens with one attached hydrogen (secondary N) is 1. The van der Waals surface area contributed by atoms with Gasteiger partial charge in [-0.25, -0.2) is 4.98 Å². The lowest BCUT2D eigenvalue weighted by Gasteiger charge is -2.27. The third-order valence-electron chi connectivity index (χ3n) is 4.07. The summed E-state index contributed by atoms with van der Waals surface area (Å²) in [5, 5.41) is 0.618. The molecule has 24 heavy (non-hydrogen) atoms. The normalized spacial score (nSPS) is 14.5. The van der Waals surface area contributed by atoms with Gasteiger partial charge in [0.1, 0.15) is 0 Å². The Morgan fingerprint density at radius 3 is 3.08 bits per heavy atom. The van der Waals surface area contributed by atoms with Crippen molar-refractivity contribution in [2.24, 2.45) is 0 Å². The van der Waals surface area contributed by atoms with E-state index >= 15 is 0 Å². The average Bonchev–Trinajstić information content (AvgIpc) is 3.10. The number of nitrogens with zero attached hydrogens (tertiary/aromatic N) is 3. The number of hydrogen-bond donors (Lipinski definition) is 1. The van der Waals surface area contributed by atoms with Gasteiger partial charge in [0.25, 0.3) is 5.56 Å². The molecule has 1 aliphatic rings. The molecule has 0 atom stereocenters. The van der Waals surface area contributed by atoms with E-state index in [4.69, 9.17) is 16.0 Å². The SMILES string of the molecule is O=c1[nH]c(-c2ccco2)nc2c1CN(Cc1cncc(Cl)c1)CC2. The first-order chi connectivity index (χ1) is 11.7. The smallest absolute Gasteiger partial charge is 0.256 e. The van der Waals surface area contributed by atoms with E-state index in [1.807, 2.05) is 6.07 Å². The van der Waals surface area contributed by atoms with E-state index in [1.165, 1.54) is 0 Å². The monoisotopic (exact) mass is 342 g/mol. The van der Waals surface area contributed by atoms with Crippen molar-refractivity contribution in [3.05, 3.63) is 69.1 Å². The number of furan rings is 1. The highest BCUT2D eigenvalue weighted by Crippen LogP contribution is 2.20. The molecule has 0 spiro atoms. The minimum Gasteiger partial charge on any atom is -0.461 e. The molecular weight excluding hydrogens is 328 g/mol. The second kappa shape index (κ2) is 6.22. The van der Waals surface area contributed by atoms with Crippen LogP contribution in [-0.2, 0) is 19.5 Å². The molecule has 0 amide bonds. The molecule has 0 saturated carbocycles. The van der Waals surface area contributed by atoms with Crippen molar-refractivity contribution >= 4 is 11.6 Å². The van der Waals surface area contributed by atoms with Crippen LogP contribution in [0, 0.1) is 0 Å². The molecular formula is C17H15ClN4O2. The maximum absolute atomic E-state index is 12.4. The third-order valence-corrected chi connectivity index (χ3v) is 4.28. The van der Waals surface area contributed by atoms with Gasteiger partial charge in [0, 0.05) is 38.4 Å². The Balaban J connectivity index is 1.58. The topological polar surface area (TPSA) is 75.0 Å². The van der Waals surface area contributed by atoms with Gasteiger partial charge >= 0.3 is 0 Å². The van der Waals surface area contributed by atoms with Gasteiger partial charge in [0.2, 0.25) is 0 Å². The lowest BCUT2D eigenvalue weighted by atomic mass is 10.1. The molecule has 4 heterocycles. The van der Waals surface area contributed by atoms with E-state index in [2.05, 4.69) is 19.9 Å². The Labute approximate surface area is 143 Å². The summed E-state index contributed by atoms with van der Waals surface area (Å²) in [5.41, 5.74) is 2.47. The summed E-state index contributed by atoms with van der Waals surface area (Å²) in [7, 11) is 0. The third kappa shape index (κ3) is 2.98. The van der Waals surface area contributed by atoms with E-state index in [-0.39, 0.29) is 5.56 Å². The van der Waals surface area contributed by atoms with Crippen molar-refractivity contribution in [1.82, 2.24) is 19.9 Å². The number of rotatable bonds is 3. The Bertz CT molecular complexity index is 921. The highest BCUT2D eigenvalue weighted by atomic mass is 35.5. The van der Waals surface area contributed by atoms with Crippen LogP contribution in [0.3, 0.4) is 0 Å². The largest absolute Gasteiger partial charge is 0.461 e. The van der Waals surface area contributed by atoms with Crippen molar-refractivity contribution < 1.29 is 4.42 Å². The molecule has 0 aromatic carbocycles. The zero-order chi connectivity index (χ0) is 16.5. The Kier molecular flexibility index (Phi) is 3.92. The summed E-state index contributed by atoms with van der Waals surface area (Å²) < 4.78 is 5.31. The van der Waals surface area contributed by atoms with Gasteiger partial charge in [-0.3, -0.25) is 14.7 Å². The van der Waals surface area contributed by atoms with Crippen LogP contribution in [-0.4, -0.2) is 26.4 Å². The summed E-state index contributed by atoms with van der Waals surface area (Å²) in [6.45, 7) is 2.09. The van der Waals surface area contributed by atoms with Gasteiger partial charge in [-0.05, 0) is 23.8 Å². The fraction of sp³-hybridized carbons (Fsp3) is 0.235. The van der Waals surface area contributed by atoms with Crippen LogP contribution in [0.5, 0.6) is 0 Å². The van der Waals surface area contributed by atoms with E-state index in [0.29, 0.717) is 35.3 Å². The fourth-order valence-corrected chi connectivity index (χ4v) is 3.14. The van der Waals surface area contributed by atoms with Crippen LogP contribution < -0.4 is 5.56 Å². The number of aromatic amines is 1. The Hall–Kier alpha value is -2.44. The predicted octanol–water partition coefficient (Wildman–Crippen LogP) is 2.64. The molecule has 0 saturated heterocycles. The maximum Gasteiger partial charge on any atom is 0.256 e. The Morgan fingerprint density at radius 2 is 2.29 bits per heavy atom. The van der Waals surface area contributed by atoms with Gasteiger partial charge in [0.05, 0.1) is 22.5 Å². The van der Waals surface area contributed by atoms with E-state index in [0.717, 1.165) is 24.2 Å². The summed E-state index contributed by atoms with van der Waals surface area (Å²) in [6.07, 6.45) is 5.70. The van der Waals surface area contributed by atoms with Crippen LogP contribution in [0.25, 0.3) is 11.6 Å². The molecule has 0 fully saturated rings. The number of fused-ring (bicyclic) bond motifs is 1. The summed E-state index contributed by atoms with van der Waals surface area (Å²) in [6, 6.07) is 5.45. The van der Waals surface area contributed by atoms with Gasteiger partial charge < -0.3 is 9.40 Å². The van der Waals surface area contributed by atoms with Crippen LogP contribution in [0.1, 0.15) is 16.8 Å². The van der Waals surface area contributed by atoms with Crippen LogP contribution in [0.4, 0.5) is 0 Å².